The number of likely N-dealkylation sites (tertiary alicyclic amines) is 1. The van der Waals surface area contributed by atoms with Gasteiger partial charge >= 0.3 is 51.4 Å². The molecule has 72 valence electrons. The Labute approximate surface area is 125 Å². The number of piperidine rings is 1. The Kier molecular flexibility index (Phi) is 8.73. The molecule has 2 unspecified atom stereocenters. The summed E-state index contributed by atoms with van der Waals surface area (Å²) in [7, 11) is 2.20. The molecule has 2 nitrogen and oxygen atoms in total. The predicted molar refractivity (Wildman–Crippen MR) is 53.6 cm³/mol. The Morgan fingerprint density at radius 2 is 1.92 bits per heavy atom. The van der Waals surface area contributed by atoms with Gasteiger partial charge in [-0.05, 0) is 26.6 Å². The second kappa shape index (κ2) is 7.80. The molecule has 2 aliphatic heterocycles. The van der Waals surface area contributed by atoms with Crippen molar-refractivity contribution >= 4 is 0 Å². The van der Waals surface area contributed by atoms with Crippen LogP contribution in [0.5, 0.6) is 0 Å². The first-order chi connectivity index (χ1) is 5.86. The molecule has 2 saturated heterocycles. The maximum absolute atomic E-state index is 4.57. The number of hydrogen-bond donors (Lipinski definition) is 0. The third-order valence-electron chi connectivity index (χ3n) is 2.79. The molecule has 0 amide bonds. The first-order valence-electron chi connectivity index (χ1n) is 5.21. The van der Waals surface area contributed by atoms with Crippen molar-refractivity contribution in [2.75, 3.05) is 26.7 Å². The van der Waals surface area contributed by atoms with E-state index in [1.807, 2.05) is 13.8 Å². The molecule has 2 heterocycles. The van der Waals surface area contributed by atoms with Crippen LogP contribution in [0.3, 0.4) is 0 Å². The van der Waals surface area contributed by atoms with Gasteiger partial charge in [-0.25, -0.2) is 0 Å². The van der Waals surface area contributed by atoms with Gasteiger partial charge in [-0.3, -0.25) is 0 Å². The molecule has 2 atom stereocenters. The van der Waals surface area contributed by atoms with Crippen molar-refractivity contribution in [1.29, 1.82) is 0 Å². The Morgan fingerprint density at radius 3 is 2.62 bits per heavy atom. The van der Waals surface area contributed by atoms with Crippen LogP contribution in [0.1, 0.15) is 26.7 Å². The smallest absolute Gasteiger partial charge is 0.658 e. The topological polar surface area (TPSA) is 17.3 Å². The van der Waals surface area contributed by atoms with Gasteiger partial charge in [0, 0.05) is 0 Å². The molecule has 0 bridgehead atoms. The maximum Gasteiger partial charge on any atom is 1.00 e. The fraction of sp³-hybridized carbons (Fsp3) is 1.00. The first kappa shape index (κ1) is 14.6. The molecule has 2 fully saturated rings. The zero-order chi connectivity index (χ0) is 8.97. The van der Waals surface area contributed by atoms with E-state index in [2.05, 4.69) is 17.3 Å². The molecule has 13 heavy (non-hydrogen) atoms. The molecule has 0 N–H and O–H groups in total. The van der Waals surface area contributed by atoms with E-state index in [0.29, 0.717) is 6.04 Å². The van der Waals surface area contributed by atoms with Gasteiger partial charge in [0.1, 0.15) is 0 Å². The monoisotopic (exact) mass is 208 g/mol. The normalized spacial score (nSPS) is 32.5. The maximum atomic E-state index is 4.57. The molecule has 2 rings (SSSR count). The number of rotatable bonds is 0. The van der Waals surface area contributed by atoms with Crippen molar-refractivity contribution in [1.82, 2.24) is 4.90 Å². The molecule has 0 aromatic heterocycles. The first-order valence-corrected chi connectivity index (χ1v) is 5.21. The molecule has 0 aromatic carbocycles. The SMILES string of the molecule is CC.CN1CCC2CC[N-]C2C1.[K+]. The van der Waals surface area contributed by atoms with E-state index >= 15 is 0 Å². The van der Waals surface area contributed by atoms with Crippen LogP contribution in [-0.4, -0.2) is 37.6 Å². The third kappa shape index (κ3) is 4.28. The fourth-order valence-electron chi connectivity index (χ4n) is 2.09. The van der Waals surface area contributed by atoms with Crippen LogP contribution in [0, 0.1) is 5.92 Å². The average molecular weight is 208 g/mol. The quantitative estimate of drug-likeness (QED) is 0.472. The van der Waals surface area contributed by atoms with Crippen LogP contribution in [0.2, 0.25) is 0 Å². The average Bonchev–Trinajstić information content (AvgIpc) is 2.54. The van der Waals surface area contributed by atoms with Crippen LogP contribution >= 0.6 is 0 Å². The molecule has 0 saturated carbocycles. The minimum Gasteiger partial charge on any atom is -0.658 e. The molecule has 0 radical (unpaired) electrons. The number of hydrogen-bond acceptors (Lipinski definition) is 1. The second-order valence-corrected chi connectivity index (χ2v) is 3.57. The number of likely N-dealkylation sites (N-methyl/N-ethyl adjacent to an activating group) is 1. The van der Waals surface area contributed by atoms with Gasteiger partial charge < -0.3 is 10.2 Å². The van der Waals surface area contributed by atoms with E-state index in [4.69, 9.17) is 0 Å². The third-order valence-corrected chi connectivity index (χ3v) is 2.79. The van der Waals surface area contributed by atoms with Crippen molar-refractivity contribution in [2.24, 2.45) is 5.92 Å². The molecular weight excluding hydrogens is 187 g/mol. The summed E-state index contributed by atoms with van der Waals surface area (Å²) in [6.07, 6.45) is 2.74. The summed E-state index contributed by atoms with van der Waals surface area (Å²) >= 11 is 0. The summed E-state index contributed by atoms with van der Waals surface area (Å²) < 4.78 is 0. The number of nitrogens with zero attached hydrogens (tertiary/aromatic N) is 2. The molecule has 2 aliphatic rings. The Balaban J connectivity index is 0.000000451. The van der Waals surface area contributed by atoms with Gasteiger partial charge in [0.25, 0.3) is 0 Å². The molecular formula is C10H21KN2. The van der Waals surface area contributed by atoms with Crippen molar-refractivity contribution in [3.05, 3.63) is 5.32 Å². The van der Waals surface area contributed by atoms with Crippen LogP contribution in [0.15, 0.2) is 0 Å². The summed E-state index contributed by atoms with van der Waals surface area (Å²) in [4.78, 5) is 2.40. The van der Waals surface area contributed by atoms with E-state index in [1.165, 1.54) is 25.9 Å². The van der Waals surface area contributed by atoms with Gasteiger partial charge in [-0.1, -0.05) is 26.2 Å². The minimum atomic E-state index is 0. The van der Waals surface area contributed by atoms with Crippen molar-refractivity contribution < 1.29 is 51.4 Å². The molecule has 0 spiro atoms. The van der Waals surface area contributed by atoms with Gasteiger partial charge in [0.05, 0.1) is 0 Å². The minimum absolute atomic E-state index is 0. The largest absolute Gasteiger partial charge is 1.00 e. The van der Waals surface area contributed by atoms with E-state index in [9.17, 15) is 0 Å². The molecule has 0 aromatic rings. The molecule has 0 aliphatic carbocycles. The standard InChI is InChI=1S/C8H15N2.C2H6.K/c1-10-5-3-7-2-4-9-8(7)6-10;1-2;/h7-8H,2-6H2,1H3;1-2H3;/q-1;;+1. The van der Waals surface area contributed by atoms with Gasteiger partial charge in [-0.2, -0.15) is 0 Å². The van der Waals surface area contributed by atoms with Crippen LogP contribution in [-0.2, 0) is 0 Å². The summed E-state index contributed by atoms with van der Waals surface area (Å²) in [6.45, 7) is 7.63. The summed E-state index contributed by atoms with van der Waals surface area (Å²) in [6, 6.07) is 0.693. The van der Waals surface area contributed by atoms with Crippen molar-refractivity contribution in [3.8, 4) is 0 Å². The predicted octanol–water partition coefficient (Wildman–Crippen LogP) is -0.886. The van der Waals surface area contributed by atoms with Crippen LogP contribution in [0.4, 0.5) is 0 Å². The summed E-state index contributed by atoms with van der Waals surface area (Å²) in [5.74, 6) is 0.941. The van der Waals surface area contributed by atoms with E-state index < -0.39 is 0 Å². The van der Waals surface area contributed by atoms with Crippen molar-refractivity contribution in [3.63, 3.8) is 0 Å². The Morgan fingerprint density at radius 1 is 1.23 bits per heavy atom. The van der Waals surface area contributed by atoms with E-state index in [0.717, 1.165) is 12.5 Å². The van der Waals surface area contributed by atoms with Crippen LogP contribution in [0.25, 0.3) is 5.32 Å². The second-order valence-electron chi connectivity index (χ2n) is 3.57. The molecule has 3 heteroatoms. The van der Waals surface area contributed by atoms with E-state index in [1.54, 1.807) is 0 Å². The number of fused-ring (bicyclic) bond motifs is 1. The Hall–Kier alpha value is 1.56. The zero-order valence-corrected chi connectivity index (χ0v) is 12.7. The Bertz CT molecular complexity index is 130. The fourth-order valence-corrected chi connectivity index (χ4v) is 2.09. The summed E-state index contributed by atoms with van der Waals surface area (Å²) in [5.41, 5.74) is 0. The van der Waals surface area contributed by atoms with Gasteiger partial charge in [0.15, 0.2) is 0 Å². The summed E-state index contributed by atoms with van der Waals surface area (Å²) in [5, 5.41) is 4.57. The van der Waals surface area contributed by atoms with Gasteiger partial charge in [-0.15, -0.1) is 12.6 Å². The van der Waals surface area contributed by atoms with Crippen LogP contribution < -0.4 is 51.4 Å². The van der Waals surface area contributed by atoms with Gasteiger partial charge in [0.2, 0.25) is 0 Å². The van der Waals surface area contributed by atoms with E-state index in [-0.39, 0.29) is 51.4 Å². The van der Waals surface area contributed by atoms with Crippen molar-refractivity contribution in [2.45, 2.75) is 32.7 Å². The zero-order valence-electron chi connectivity index (χ0n) is 9.58.